The SMILES string of the molecule is CN/C=C(/COCCOCCOC)NN. The molecule has 15 heavy (non-hydrogen) atoms. The highest BCUT2D eigenvalue weighted by Crippen LogP contribution is 1.87. The van der Waals surface area contributed by atoms with E-state index in [1.807, 2.05) is 0 Å². The predicted molar refractivity (Wildman–Crippen MR) is 58.0 cm³/mol. The van der Waals surface area contributed by atoms with E-state index in [1.54, 1.807) is 20.4 Å². The van der Waals surface area contributed by atoms with E-state index in [0.717, 1.165) is 5.70 Å². The van der Waals surface area contributed by atoms with E-state index in [2.05, 4.69) is 10.7 Å². The molecular formula is C9H21N3O3. The van der Waals surface area contributed by atoms with Crippen LogP contribution >= 0.6 is 0 Å². The third-order valence-corrected chi connectivity index (χ3v) is 1.57. The lowest BCUT2D eigenvalue weighted by Crippen LogP contribution is -2.26. The molecule has 0 aliphatic rings. The van der Waals surface area contributed by atoms with E-state index in [1.165, 1.54) is 0 Å². The molecular weight excluding hydrogens is 198 g/mol. The Bertz CT molecular complexity index is 165. The minimum absolute atomic E-state index is 0.435. The maximum atomic E-state index is 5.30. The Balaban J connectivity index is 3.25. The van der Waals surface area contributed by atoms with Crippen molar-refractivity contribution in [2.45, 2.75) is 0 Å². The van der Waals surface area contributed by atoms with E-state index in [9.17, 15) is 0 Å². The molecule has 0 unspecified atom stereocenters. The quantitative estimate of drug-likeness (QED) is 0.253. The van der Waals surface area contributed by atoms with Crippen LogP contribution in [0.1, 0.15) is 0 Å². The number of nitrogens with one attached hydrogen (secondary N) is 2. The molecule has 6 nitrogen and oxygen atoms in total. The van der Waals surface area contributed by atoms with Crippen LogP contribution in [0.2, 0.25) is 0 Å². The van der Waals surface area contributed by atoms with Crippen molar-refractivity contribution in [1.29, 1.82) is 0 Å². The summed E-state index contributed by atoms with van der Waals surface area (Å²) in [4.78, 5) is 0. The Morgan fingerprint density at radius 1 is 1.20 bits per heavy atom. The molecule has 0 aromatic rings. The monoisotopic (exact) mass is 219 g/mol. The number of rotatable bonds is 10. The molecule has 0 fully saturated rings. The van der Waals surface area contributed by atoms with Gasteiger partial charge in [-0.05, 0) is 0 Å². The number of hydrogen-bond acceptors (Lipinski definition) is 6. The normalized spacial score (nSPS) is 11.5. The molecule has 0 amide bonds. The van der Waals surface area contributed by atoms with Gasteiger partial charge in [0, 0.05) is 20.4 Å². The molecule has 0 saturated heterocycles. The first-order valence-corrected chi connectivity index (χ1v) is 4.82. The predicted octanol–water partition coefficient (Wildman–Crippen LogP) is -0.810. The van der Waals surface area contributed by atoms with Crippen LogP contribution in [-0.2, 0) is 14.2 Å². The highest BCUT2D eigenvalue weighted by atomic mass is 16.5. The van der Waals surface area contributed by atoms with Gasteiger partial charge in [0.15, 0.2) is 0 Å². The molecule has 0 atom stereocenters. The van der Waals surface area contributed by atoms with Gasteiger partial charge >= 0.3 is 0 Å². The average molecular weight is 219 g/mol. The van der Waals surface area contributed by atoms with Crippen molar-refractivity contribution in [2.75, 3.05) is 47.2 Å². The molecule has 0 spiro atoms. The van der Waals surface area contributed by atoms with Crippen molar-refractivity contribution < 1.29 is 14.2 Å². The fraction of sp³-hybridized carbons (Fsp3) is 0.778. The summed E-state index contributed by atoms with van der Waals surface area (Å²) in [6.45, 7) is 2.72. The first-order valence-electron chi connectivity index (χ1n) is 4.82. The Hall–Kier alpha value is -0.820. The smallest absolute Gasteiger partial charge is 0.0891 e. The van der Waals surface area contributed by atoms with Gasteiger partial charge in [-0.3, -0.25) is 5.84 Å². The largest absolute Gasteiger partial charge is 0.392 e. The van der Waals surface area contributed by atoms with Crippen LogP contribution in [0.4, 0.5) is 0 Å². The first-order chi connectivity index (χ1) is 7.35. The fourth-order valence-corrected chi connectivity index (χ4v) is 0.844. The Labute approximate surface area is 90.7 Å². The number of methoxy groups -OCH3 is 1. The second-order valence-corrected chi connectivity index (χ2v) is 2.76. The molecule has 0 heterocycles. The van der Waals surface area contributed by atoms with Gasteiger partial charge in [-0.15, -0.1) is 0 Å². The van der Waals surface area contributed by atoms with E-state index in [4.69, 9.17) is 20.1 Å². The van der Waals surface area contributed by atoms with Crippen molar-refractivity contribution in [3.05, 3.63) is 11.9 Å². The zero-order valence-corrected chi connectivity index (χ0v) is 9.41. The van der Waals surface area contributed by atoms with Gasteiger partial charge < -0.3 is 25.0 Å². The first kappa shape index (κ1) is 14.2. The van der Waals surface area contributed by atoms with Crippen LogP contribution in [-0.4, -0.2) is 47.2 Å². The summed E-state index contributed by atoms with van der Waals surface area (Å²) in [5.74, 6) is 5.25. The van der Waals surface area contributed by atoms with Gasteiger partial charge in [0.05, 0.1) is 38.7 Å². The fourth-order valence-electron chi connectivity index (χ4n) is 0.844. The third kappa shape index (κ3) is 9.48. The lowest BCUT2D eigenvalue weighted by atomic mass is 10.5. The minimum Gasteiger partial charge on any atom is -0.392 e. The average Bonchev–Trinajstić information content (AvgIpc) is 2.26. The van der Waals surface area contributed by atoms with Crippen LogP contribution in [0, 0.1) is 0 Å². The molecule has 0 aliphatic heterocycles. The summed E-state index contributed by atoms with van der Waals surface area (Å²) >= 11 is 0. The summed E-state index contributed by atoms with van der Waals surface area (Å²) in [5, 5.41) is 2.86. The second kappa shape index (κ2) is 11.3. The van der Waals surface area contributed by atoms with E-state index < -0.39 is 0 Å². The van der Waals surface area contributed by atoms with Crippen LogP contribution < -0.4 is 16.6 Å². The van der Waals surface area contributed by atoms with Crippen molar-refractivity contribution in [3.8, 4) is 0 Å². The lowest BCUT2D eigenvalue weighted by molar-refractivity contribution is 0.0293. The van der Waals surface area contributed by atoms with Crippen molar-refractivity contribution >= 4 is 0 Å². The lowest BCUT2D eigenvalue weighted by Gasteiger charge is -2.08. The molecule has 90 valence electrons. The highest BCUT2D eigenvalue weighted by Gasteiger charge is 1.94. The molecule has 0 aliphatic carbocycles. The molecule has 0 radical (unpaired) electrons. The number of nitrogens with two attached hydrogens (primary N) is 1. The molecule has 0 saturated carbocycles. The van der Waals surface area contributed by atoms with Crippen LogP contribution in [0.5, 0.6) is 0 Å². The molecule has 6 heteroatoms. The van der Waals surface area contributed by atoms with Gasteiger partial charge in [0.1, 0.15) is 0 Å². The standard InChI is InChI=1S/C9H21N3O3/c1-11-7-9(12-10)8-15-6-5-14-4-3-13-2/h7,11-12H,3-6,8,10H2,1-2H3/b9-7-. The summed E-state index contributed by atoms with van der Waals surface area (Å²) in [6, 6.07) is 0. The van der Waals surface area contributed by atoms with E-state index in [0.29, 0.717) is 33.0 Å². The maximum absolute atomic E-state index is 5.30. The van der Waals surface area contributed by atoms with Gasteiger partial charge in [-0.1, -0.05) is 0 Å². The maximum Gasteiger partial charge on any atom is 0.0891 e. The minimum atomic E-state index is 0.435. The van der Waals surface area contributed by atoms with E-state index >= 15 is 0 Å². The van der Waals surface area contributed by atoms with Crippen LogP contribution in [0.3, 0.4) is 0 Å². The molecule has 4 N–H and O–H groups in total. The van der Waals surface area contributed by atoms with Crippen molar-refractivity contribution in [3.63, 3.8) is 0 Å². The molecule has 0 aromatic heterocycles. The molecule has 0 bridgehead atoms. The Morgan fingerprint density at radius 3 is 2.47 bits per heavy atom. The summed E-state index contributed by atoms with van der Waals surface area (Å²) in [7, 11) is 3.44. The van der Waals surface area contributed by atoms with Gasteiger partial charge in [0.2, 0.25) is 0 Å². The number of ether oxygens (including phenoxy) is 3. The Morgan fingerprint density at radius 2 is 1.87 bits per heavy atom. The summed E-state index contributed by atoms with van der Waals surface area (Å²) in [6.07, 6.45) is 1.74. The van der Waals surface area contributed by atoms with Gasteiger partial charge in [0.25, 0.3) is 0 Å². The second-order valence-electron chi connectivity index (χ2n) is 2.76. The molecule has 0 rings (SSSR count). The highest BCUT2D eigenvalue weighted by molar-refractivity contribution is 4.96. The van der Waals surface area contributed by atoms with Gasteiger partial charge in [-0.25, -0.2) is 0 Å². The topological polar surface area (TPSA) is 77.8 Å². The molecule has 0 aromatic carbocycles. The third-order valence-electron chi connectivity index (χ3n) is 1.57. The summed E-state index contributed by atoms with van der Waals surface area (Å²) < 4.78 is 15.3. The van der Waals surface area contributed by atoms with Crippen molar-refractivity contribution in [2.24, 2.45) is 5.84 Å². The summed E-state index contributed by atoms with van der Waals surface area (Å²) in [5.41, 5.74) is 3.31. The Kier molecular flexibility index (Phi) is 10.6. The van der Waals surface area contributed by atoms with Gasteiger partial charge in [-0.2, -0.15) is 0 Å². The van der Waals surface area contributed by atoms with Crippen LogP contribution in [0.25, 0.3) is 0 Å². The van der Waals surface area contributed by atoms with Crippen LogP contribution in [0.15, 0.2) is 11.9 Å². The zero-order chi connectivity index (χ0) is 11.4. The van der Waals surface area contributed by atoms with E-state index in [-0.39, 0.29) is 0 Å². The number of hydrogen-bond donors (Lipinski definition) is 3. The zero-order valence-electron chi connectivity index (χ0n) is 9.41. The number of hydrazine groups is 1. The van der Waals surface area contributed by atoms with Crippen molar-refractivity contribution in [1.82, 2.24) is 10.7 Å².